The van der Waals surface area contributed by atoms with E-state index in [1.54, 1.807) is 7.11 Å². The fourth-order valence-corrected chi connectivity index (χ4v) is 2.23. The minimum absolute atomic E-state index is 0.0275. The van der Waals surface area contributed by atoms with E-state index < -0.39 is 0 Å². The zero-order chi connectivity index (χ0) is 15.4. The number of nitrogens with one attached hydrogen (secondary N) is 2. The number of aryl methyl sites for hydroxylation is 2. The number of hydrogen-bond donors (Lipinski definition) is 2. The average molecular weight is 291 g/mol. The van der Waals surface area contributed by atoms with Gasteiger partial charge in [-0.3, -0.25) is 14.5 Å². The number of fused-ring (bicyclic) bond motifs is 1. The van der Waals surface area contributed by atoms with E-state index in [4.69, 9.17) is 4.74 Å². The van der Waals surface area contributed by atoms with Crippen LogP contribution in [-0.4, -0.2) is 45.2 Å². The molecule has 0 atom stereocenters. The molecule has 0 aliphatic carbocycles. The second kappa shape index (κ2) is 6.58. The fourth-order valence-electron chi connectivity index (χ4n) is 2.23. The van der Waals surface area contributed by atoms with Gasteiger partial charge in [-0.25, -0.2) is 0 Å². The Kier molecular flexibility index (Phi) is 4.80. The van der Waals surface area contributed by atoms with Gasteiger partial charge >= 0.3 is 0 Å². The van der Waals surface area contributed by atoms with Crippen LogP contribution in [0.15, 0.2) is 12.1 Å². The number of ether oxygens (including phenoxy) is 1. The van der Waals surface area contributed by atoms with Crippen LogP contribution in [0, 0.1) is 13.8 Å². The number of carbonyl (C=O) groups is 2. The highest BCUT2D eigenvalue weighted by Crippen LogP contribution is 2.32. The van der Waals surface area contributed by atoms with Crippen LogP contribution in [0.4, 0.5) is 11.4 Å². The number of rotatable bonds is 5. The molecule has 0 radical (unpaired) electrons. The lowest BCUT2D eigenvalue weighted by Gasteiger charge is -2.30. The molecule has 0 unspecified atom stereocenters. The third-order valence-corrected chi connectivity index (χ3v) is 3.56. The normalized spacial score (nSPS) is 13.7. The molecule has 0 saturated heterocycles. The summed E-state index contributed by atoms with van der Waals surface area (Å²) < 4.78 is 4.88. The first kappa shape index (κ1) is 15.3. The SMILES string of the molecule is COCCNC(=O)CN1C(=O)CNc2cc(C)c(C)cc21. The summed E-state index contributed by atoms with van der Waals surface area (Å²) in [6.45, 7) is 5.15. The zero-order valence-electron chi connectivity index (χ0n) is 12.7. The molecule has 6 nitrogen and oxygen atoms in total. The zero-order valence-corrected chi connectivity index (χ0v) is 12.7. The summed E-state index contributed by atoms with van der Waals surface area (Å²) in [4.78, 5) is 25.5. The molecule has 0 spiro atoms. The molecular formula is C15H21N3O3. The van der Waals surface area contributed by atoms with Crippen molar-refractivity contribution in [1.82, 2.24) is 5.32 Å². The quantitative estimate of drug-likeness (QED) is 0.788. The van der Waals surface area contributed by atoms with Crippen molar-refractivity contribution in [2.45, 2.75) is 13.8 Å². The Balaban J connectivity index is 2.15. The van der Waals surface area contributed by atoms with E-state index in [9.17, 15) is 9.59 Å². The summed E-state index contributed by atoms with van der Waals surface area (Å²) in [5.74, 6) is -0.292. The minimum atomic E-state index is -0.188. The predicted octanol–water partition coefficient (Wildman–Crippen LogP) is 0.825. The molecule has 2 rings (SSSR count). The smallest absolute Gasteiger partial charge is 0.246 e. The summed E-state index contributed by atoms with van der Waals surface area (Å²) in [6.07, 6.45) is 0. The summed E-state index contributed by atoms with van der Waals surface area (Å²) in [5, 5.41) is 5.82. The predicted molar refractivity (Wildman–Crippen MR) is 81.6 cm³/mol. The van der Waals surface area contributed by atoms with E-state index in [2.05, 4.69) is 10.6 Å². The highest BCUT2D eigenvalue weighted by molar-refractivity contribution is 6.06. The summed E-state index contributed by atoms with van der Waals surface area (Å²) in [5.41, 5.74) is 3.90. The standard InChI is InChI=1S/C15H21N3O3/c1-10-6-12-13(7-11(10)2)18(15(20)8-17-12)9-14(19)16-4-5-21-3/h6-7,17H,4-5,8-9H2,1-3H3,(H,16,19). The topological polar surface area (TPSA) is 70.7 Å². The maximum Gasteiger partial charge on any atom is 0.246 e. The number of carbonyl (C=O) groups excluding carboxylic acids is 2. The van der Waals surface area contributed by atoms with Gasteiger partial charge in [0.2, 0.25) is 11.8 Å². The molecule has 1 aliphatic rings. The highest BCUT2D eigenvalue weighted by atomic mass is 16.5. The van der Waals surface area contributed by atoms with Crippen LogP contribution >= 0.6 is 0 Å². The molecule has 0 saturated carbocycles. The lowest BCUT2D eigenvalue weighted by molar-refractivity contribution is -0.123. The van der Waals surface area contributed by atoms with Crippen molar-refractivity contribution < 1.29 is 14.3 Å². The van der Waals surface area contributed by atoms with Gasteiger partial charge in [0.25, 0.3) is 0 Å². The molecule has 6 heteroatoms. The Morgan fingerprint density at radius 2 is 2.10 bits per heavy atom. The van der Waals surface area contributed by atoms with Crippen molar-refractivity contribution in [3.63, 3.8) is 0 Å². The Morgan fingerprint density at radius 1 is 1.38 bits per heavy atom. The van der Waals surface area contributed by atoms with Crippen LogP contribution in [0.1, 0.15) is 11.1 Å². The van der Waals surface area contributed by atoms with E-state index in [-0.39, 0.29) is 24.9 Å². The van der Waals surface area contributed by atoms with E-state index in [0.29, 0.717) is 13.2 Å². The monoisotopic (exact) mass is 291 g/mol. The molecule has 21 heavy (non-hydrogen) atoms. The van der Waals surface area contributed by atoms with Gasteiger partial charge < -0.3 is 15.4 Å². The first-order valence-corrected chi connectivity index (χ1v) is 6.94. The lowest BCUT2D eigenvalue weighted by Crippen LogP contribution is -2.46. The van der Waals surface area contributed by atoms with E-state index in [1.165, 1.54) is 4.90 Å². The molecule has 114 valence electrons. The van der Waals surface area contributed by atoms with Crippen LogP contribution < -0.4 is 15.5 Å². The van der Waals surface area contributed by atoms with Crippen LogP contribution in [0.5, 0.6) is 0 Å². The number of hydrogen-bond acceptors (Lipinski definition) is 4. The van der Waals surface area contributed by atoms with Crippen molar-refractivity contribution in [3.05, 3.63) is 23.3 Å². The Labute approximate surface area is 124 Å². The van der Waals surface area contributed by atoms with Crippen molar-refractivity contribution in [2.75, 3.05) is 43.6 Å². The highest BCUT2D eigenvalue weighted by Gasteiger charge is 2.26. The van der Waals surface area contributed by atoms with Gasteiger partial charge in [-0.15, -0.1) is 0 Å². The first-order valence-electron chi connectivity index (χ1n) is 6.94. The second-order valence-corrected chi connectivity index (χ2v) is 5.13. The maximum absolute atomic E-state index is 12.1. The molecule has 0 fully saturated rings. The van der Waals surface area contributed by atoms with Crippen molar-refractivity contribution >= 4 is 23.2 Å². The van der Waals surface area contributed by atoms with Crippen molar-refractivity contribution in [1.29, 1.82) is 0 Å². The van der Waals surface area contributed by atoms with Crippen molar-refractivity contribution in [3.8, 4) is 0 Å². The third kappa shape index (κ3) is 3.52. The molecule has 0 bridgehead atoms. The number of methoxy groups -OCH3 is 1. The van der Waals surface area contributed by atoms with Crippen LogP contribution in [0.3, 0.4) is 0 Å². The molecular weight excluding hydrogens is 270 g/mol. The Morgan fingerprint density at radius 3 is 2.81 bits per heavy atom. The molecule has 0 aromatic heterocycles. The summed E-state index contributed by atoms with van der Waals surface area (Å²) >= 11 is 0. The van der Waals surface area contributed by atoms with Crippen LogP contribution in [-0.2, 0) is 14.3 Å². The van der Waals surface area contributed by atoms with Gasteiger partial charge in [-0.2, -0.15) is 0 Å². The number of benzene rings is 1. The largest absolute Gasteiger partial charge is 0.383 e. The second-order valence-electron chi connectivity index (χ2n) is 5.13. The van der Waals surface area contributed by atoms with Crippen LogP contribution in [0.25, 0.3) is 0 Å². The molecule has 1 aliphatic heterocycles. The Hall–Kier alpha value is -2.08. The Bertz CT molecular complexity index is 557. The summed E-state index contributed by atoms with van der Waals surface area (Å²) in [7, 11) is 1.58. The van der Waals surface area contributed by atoms with Gasteiger partial charge in [0.15, 0.2) is 0 Å². The van der Waals surface area contributed by atoms with Gasteiger partial charge in [0, 0.05) is 13.7 Å². The van der Waals surface area contributed by atoms with Crippen molar-refractivity contribution in [2.24, 2.45) is 0 Å². The van der Waals surface area contributed by atoms with Gasteiger partial charge in [0.05, 0.1) is 24.5 Å². The first-order chi connectivity index (χ1) is 10.0. The van der Waals surface area contributed by atoms with Gasteiger partial charge in [0.1, 0.15) is 6.54 Å². The average Bonchev–Trinajstić information content (AvgIpc) is 2.44. The van der Waals surface area contributed by atoms with Gasteiger partial charge in [-0.1, -0.05) is 0 Å². The number of nitrogens with zero attached hydrogens (tertiary/aromatic N) is 1. The summed E-state index contributed by atoms with van der Waals surface area (Å²) in [6, 6.07) is 3.95. The van der Waals surface area contributed by atoms with Gasteiger partial charge in [-0.05, 0) is 37.1 Å². The van der Waals surface area contributed by atoms with E-state index in [0.717, 1.165) is 22.5 Å². The van der Waals surface area contributed by atoms with E-state index >= 15 is 0 Å². The number of amides is 2. The fraction of sp³-hybridized carbons (Fsp3) is 0.467. The van der Waals surface area contributed by atoms with Crippen LogP contribution in [0.2, 0.25) is 0 Å². The van der Waals surface area contributed by atoms with E-state index in [1.807, 2.05) is 26.0 Å². The molecule has 1 aromatic carbocycles. The minimum Gasteiger partial charge on any atom is -0.383 e. The number of anilines is 2. The molecule has 1 heterocycles. The molecule has 2 N–H and O–H groups in total. The third-order valence-electron chi connectivity index (χ3n) is 3.56. The molecule has 2 amide bonds. The molecule has 1 aromatic rings. The maximum atomic E-state index is 12.1. The lowest BCUT2D eigenvalue weighted by atomic mass is 10.1.